The highest BCUT2D eigenvalue weighted by Crippen LogP contribution is 2.08. The molecule has 0 saturated heterocycles. The molecule has 5 nitrogen and oxygen atoms in total. The lowest BCUT2D eigenvalue weighted by Crippen LogP contribution is -2.30. The van der Waals surface area contributed by atoms with Gasteiger partial charge in [0.1, 0.15) is 5.69 Å². The molecular formula is C17H20N2O3. The molecule has 1 aromatic heterocycles. The Balaban J connectivity index is 1.96. The highest BCUT2D eigenvalue weighted by Gasteiger charge is 2.13. The third-order valence-electron chi connectivity index (χ3n) is 3.39. The standard InChI is InChI=1S/C17H20N2O3/c1-13(10-16(20)21)11-18-17(22)15-8-5-9-19(15)12-14-6-3-2-4-7-14/h2-9,13H,10-12H2,1H3,(H,18,22)(H,20,21)/t13-/m1/s1. The molecule has 1 aromatic carbocycles. The van der Waals surface area contributed by atoms with Crippen molar-refractivity contribution in [3.05, 3.63) is 59.9 Å². The van der Waals surface area contributed by atoms with E-state index in [9.17, 15) is 9.59 Å². The molecule has 0 aliphatic rings. The fraction of sp³-hybridized carbons (Fsp3) is 0.294. The molecule has 0 unspecified atom stereocenters. The molecule has 0 bridgehead atoms. The molecule has 2 aromatic rings. The number of hydrogen-bond donors (Lipinski definition) is 2. The van der Waals surface area contributed by atoms with E-state index in [0.29, 0.717) is 18.8 Å². The highest BCUT2D eigenvalue weighted by molar-refractivity contribution is 5.92. The zero-order valence-electron chi connectivity index (χ0n) is 12.5. The van der Waals surface area contributed by atoms with E-state index >= 15 is 0 Å². The second-order valence-electron chi connectivity index (χ2n) is 5.42. The number of carbonyl (C=O) groups is 2. The summed E-state index contributed by atoms with van der Waals surface area (Å²) in [6, 6.07) is 13.5. The number of hydrogen-bond acceptors (Lipinski definition) is 2. The van der Waals surface area contributed by atoms with Crippen LogP contribution in [0.5, 0.6) is 0 Å². The quantitative estimate of drug-likeness (QED) is 0.824. The van der Waals surface area contributed by atoms with Crippen molar-refractivity contribution in [1.82, 2.24) is 9.88 Å². The number of aromatic nitrogens is 1. The summed E-state index contributed by atoms with van der Waals surface area (Å²) in [7, 11) is 0. The van der Waals surface area contributed by atoms with Crippen LogP contribution in [0.1, 0.15) is 29.4 Å². The van der Waals surface area contributed by atoms with Crippen LogP contribution in [-0.2, 0) is 11.3 Å². The Labute approximate surface area is 129 Å². The average molecular weight is 300 g/mol. The Morgan fingerprint density at radius 1 is 1.18 bits per heavy atom. The first-order valence-electron chi connectivity index (χ1n) is 7.25. The number of carboxylic acids is 1. The first kappa shape index (κ1) is 15.8. The van der Waals surface area contributed by atoms with Gasteiger partial charge in [-0.15, -0.1) is 0 Å². The maximum atomic E-state index is 12.2. The SMILES string of the molecule is C[C@@H](CNC(=O)c1cccn1Cc1ccccc1)CC(=O)O. The normalized spacial score (nSPS) is 11.9. The fourth-order valence-corrected chi connectivity index (χ4v) is 2.27. The van der Waals surface area contributed by atoms with E-state index in [1.165, 1.54) is 0 Å². The van der Waals surface area contributed by atoms with E-state index in [-0.39, 0.29) is 18.2 Å². The molecule has 116 valence electrons. The van der Waals surface area contributed by atoms with Crippen LogP contribution in [0.4, 0.5) is 0 Å². The summed E-state index contributed by atoms with van der Waals surface area (Å²) < 4.78 is 1.88. The molecule has 0 fully saturated rings. The summed E-state index contributed by atoms with van der Waals surface area (Å²) in [5.41, 5.74) is 1.69. The number of carbonyl (C=O) groups excluding carboxylic acids is 1. The van der Waals surface area contributed by atoms with Gasteiger partial charge in [0, 0.05) is 25.7 Å². The fourth-order valence-electron chi connectivity index (χ4n) is 2.27. The van der Waals surface area contributed by atoms with E-state index in [4.69, 9.17) is 5.11 Å². The van der Waals surface area contributed by atoms with Crippen molar-refractivity contribution in [3.63, 3.8) is 0 Å². The summed E-state index contributed by atoms with van der Waals surface area (Å²) in [5.74, 6) is -1.13. The molecule has 0 saturated carbocycles. The number of amides is 1. The van der Waals surface area contributed by atoms with Crippen LogP contribution in [0.3, 0.4) is 0 Å². The Hall–Kier alpha value is -2.56. The highest BCUT2D eigenvalue weighted by atomic mass is 16.4. The maximum Gasteiger partial charge on any atom is 0.303 e. The molecule has 2 N–H and O–H groups in total. The summed E-state index contributed by atoms with van der Waals surface area (Å²) in [4.78, 5) is 22.9. The predicted octanol–water partition coefficient (Wildman–Crippen LogP) is 2.38. The molecule has 0 aliphatic carbocycles. The number of carboxylic acid groups (broad SMARTS) is 1. The largest absolute Gasteiger partial charge is 0.481 e. The molecule has 2 rings (SSSR count). The number of nitrogens with one attached hydrogen (secondary N) is 1. The second kappa shape index (κ2) is 7.45. The minimum Gasteiger partial charge on any atom is -0.481 e. The lowest BCUT2D eigenvalue weighted by molar-refractivity contribution is -0.137. The van der Waals surface area contributed by atoms with Crippen molar-refractivity contribution in [2.24, 2.45) is 5.92 Å². The van der Waals surface area contributed by atoms with Crippen LogP contribution >= 0.6 is 0 Å². The monoisotopic (exact) mass is 300 g/mol. The first-order valence-corrected chi connectivity index (χ1v) is 7.25. The van der Waals surface area contributed by atoms with Gasteiger partial charge in [-0.3, -0.25) is 9.59 Å². The van der Waals surface area contributed by atoms with Gasteiger partial charge < -0.3 is 15.0 Å². The Bertz CT molecular complexity index is 634. The molecule has 0 spiro atoms. The molecule has 1 heterocycles. The molecule has 22 heavy (non-hydrogen) atoms. The zero-order valence-corrected chi connectivity index (χ0v) is 12.5. The van der Waals surface area contributed by atoms with E-state index in [1.807, 2.05) is 47.2 Å². The van der Waals surface area contributed by atoms with Gasteiger partial charge >= 0.3 is 5.97 Å². The van der Waals surface area contributed by atoms with Gasteiger partial charge in [0.2, 0.25) is 0 Å². The van der Waals surface area contributed by atoms with Crippen molar-refractivity contribution in [3.8, 4) is 0 Å². The summed E-state index contributed by atoms with van der Waals surface area (Å²) in [5, 5.41) is 11.5. The third-order valence-corrected chi connectivity index (χ3v) is 3.39. The van der Waals surface area contributed by atoms with Crippen molar-refractivity contribution in [2.75, 3.05) is 6.54 Å². The van der Waals surface area contributed by atoms with Crippen LogP contribution in [0, 0.1) is 5.92 Å². The zero-order chi connectivity index (χ0) is 15.9. The smallest absolute Gasteiger partial charge is 0.303 e. The first-order chi connectivity index (χ1) is 10.6. The van der Waals surface area contributed by atoms with Gasteiger partial charge in [-0.25, -0.2) is 0 Å². The van der Waals surface area contributed by atoms with E-state index in [0.717, 1.165) is 5.56 Å². The topological polar surface area (TPSA) is 71.3 Å². The van der Waals surface area contributed by atoms with Gasteiger partial charge in [0.05, 0.1) is 0 Å². The molecule has 0 aliphatic heterocycles. The number of benzene rings is 1. The maximum absolute atomic E-state index is 12.2. The van der Waals surface area contributed by atoms with E-state index in [1.54, 1.807) is 13.0 Å². The molecule has 5 heteroatoms. The number of rotatable bonds is 7. The van der Waals surface area contributed by atoms with Gasteiger partial charge in [0.15, 0.2) is 0 Å². The minimum atomic E-state index is -0.853. The minimum absolute atomic E-state index is 0.0469. The van der Waals surface area contributed by atoms with E-state index in [2.05, 4.69) is 5.32 Å². The number of aliphatic carboxylic acids is 1. The van der Waals surface area contributed by atoms with Gasteiger partial charge in [0.25, 0.3) is 5.91 Å². The van der Waals surface area contributed by atoms with Gasteiger partial charge in [-0.2, -0.15) is 0 Å². The van der Waals surface area contributed by atoms with Crippen LogP contribution in [0.2, 0.25) is 0 Å². The average Bonchev–Trinajstić information content (AvgIpc) is 2.93. The second-order valence-corrected chi connectivity index (χ2v) is 5.42. The van der Waals surface area contributed by atoms with Crippen molar-refractivity contribution in [2.45, 2.75) is 19.9 Å². The van der Waals surface area contributed by atoms with Crippen molar-refractivity contribution in [1.29, 1.82) is 0 Å². The summed E-state index contributed by atoms with van der Waals surface area (Å²) in [6.45, 7) is 2.78. The summed E-state index contributed by atoms with van der Waals surface area (Å²) in [6.07, 6.45) is 1.91. The molecular weight excluding hydrogens is 280 g/mol. The van der Waals surface area contributed by atoms with Crippen LogP contribution in [-0.4, -0.2) is 28.1 Å². The number of nitrogens with zero attached hydrogens (tertiary/aromatic N) is 1. The lowest BCUT2D eigenvalue weighted by Gasteiger charge is -2.12. The van der Waals surface area contributed by atoms with Crippen molar-refractivity contribution >= 4 is 11.9 Å². The van der Waals surface area contributed by atoms with Crippen LogP contribution in [0.25, 0.3) is 0 Å². The van der Waals surface area contributed by atoms with Gasteiger partial charge in [-0.1, -0.05) is 37.3 Å². The Kier molecular flexibility index (Phi) is 5.36. The molecule has 0 radical (unpaired) electrons. The molecule has 1 atom stereocenters. The van der Waals surface area contributed by atoms with Crippen molar-refractivity contribution < 1.29 is 14.7 Å². The predicted molar refractivity (Wildman–Crippen MR) is 83.7 cm³/mol. The Morgan fingerprint density at radius 2 is 1.91 bits per heavy atom. The summed E-state index contributed by atoms with van der Waals surface area (Å²) >= 11 is 0. The lowest BCUT2D eigenvalue weighted by atomic mass is 10.1. The van der Waals surface area contributed by atoms with Crippen LogP contribution in [0.15, 0.2) is 48.7 Å². The molecule has 1 amide bonds. The van der Waals surface area contributed by atoms with E-state index < -0.39 is 5.97 Å². The third kappa shape index (κ3) is 4.48. The Morgan fingerprint density at radius 3 is 2.59 bits per heavy atom. The van der Waals surface area contributed by atoms with Crippen LogP contribution < -0.4 is 5.32 Å². The van der Waals surface area contributed by atoms with Gasteiger partial charge in [-0.05, 0) is 23.6 Å².